The number of nitrogens with one attached hydrogen (secondary N) is 1. The summed E-state index contributed by atoms with van der Waals surface area (Å²) < 4.78 is 5.83. The fourth-order valence-corrected chi connectivity index (χ4v) is 3.30. The van der Waals surface area contributed by atoms with Crippen molar-refractivity contribution in [3.63, 3.8) is 0 Å². The zero-order valence-electron chi connectivity index (χ0n) is 12.1. The molecule has 1 aliphatic rings. The fourth-order valence-electron chi connectivity index (χ4n) is 2.64. The molecule has 0 spiro atoms. The molecule has 0 saturated carbocycles. The van der Waals surface area contributed by atoms with Gasteiger partial charge in [0.2, 0.25) is 0 Å². The van der Waals surface area contributed by atoms with E-state index in [-0.39, 0.29) is 12.0 Å². The van der Waals surface area contributed by atoms with Crippen LogP contribution in [0.15, 0.2) is 5.38 Å². The highest BCUT2D eigenvalue weighted by Crippen LogP contribution is 2.25. The van der Waals surface area contributed by atoms with Gasteiger partial charge in [0.05, 0.1) is 6.10 Å². The van der Waals surface area contributed by atoms with Crippen LogP contribution in [-0.4, -0.2) is 30.1 Å². The molecule has 2 unspecified atom stereocenters. The van der Waals surface area contributed by atoms with Crippen molar-refractivity contribution in [3.05, 3.63) is 16.1 Å². The second-order valence-corrected chi connectivity index (χ2v) is 6.47. The molecule has 2 atom stereocenters. The summed E-state index contributed by atoms with van der Waals surface area (Å²) in [5, 5.41) is 5.52. The summed E-state index contributed by atoms with van der Waals surface area (Å²) in [5.41, 5.74) is 5.97. The lowest BCUT2D eigenvalue weighted by Gasteiger charge is -2.34. The lowest BCUT2D eigenvalue weighted by Crippen LogP contribution is -2.41. The van der Waals surface area contributed by atoms with Crippen LogP contribution in [-0.2, 0) is 11.3 Å². The van der Waals surface area contributed by atoms with Crippen molar-refractivity contribution in [2.45, 2.75) is 39.3 Å². The van der Waals surface area contributed by atoms with E-state index >= 15 is 0 Å². The predicted octanol–water partition coefficient (Wildman–Crippen LogP) is 1.78. The Morgan fingerprint density at radius 3 is 3.10 bits per heavy atom. The van der Waals surface area contributed by atoms with Gasteiger partial charge in [0.25, 0.3) is 5.91 Å². The summed E-state index contributed by atoms with van der Waals surface area (Å²) >= 11 is 1.42. The maximum atomic E-state index is 12.0. The van der Waals surface area contributed by atoms with Crippen LogP contribution in [0, 0.1) is 11.8 Å². The van der Waals surface area contributed by atoms with Gasteiger partial charge in [-0.25, -0.2) is 4.98 Å². The molecular weight excluding hydrogens is 274 g/mol. The Balaban J connectivity index is 1.88. The van der Waals surface area contributed by atoms with E-state index in [9.17, 15) is 4.79 Å². The molecule has 112 valence electrons. The average Bonchev–Trinajstić information content (AvgIpc) is 2.94. The molecule has 0 bridgehead atoms. The summed E-state index contributed by atoms with van der Waals surface area (Å²) in [6.07, 6.45) is 2.41. The first kappa shape index (κ1) is 15.4. The number of amides is 1. The lowest BCUT2D eigenvalue weighted by atomic mass is 9.87. The van der Waals surface area contributed by atoms with E-state index in [1.165, 1.54) is 11.3 Å². The van der Waals surface area contributed by atoms with Crippen LogP contribution in [0.3, 0.4) is 0 Å². The SMILES string of the molecule is CC(C)C1OCCCC1CNC(=O)c1csc(CN)n1. The maximum absolute atomic E-state index is 12.0. The van der Waals surface area contributed by atoms with Gasteiger partial charge in [-0.1, -0.05) is 13.8 Å². The van der Waals surface area contributed by atoms with Gasteiger partial charge in [-0.2, -0.15) is 0 Å². The van der Waals surface area contributed by atoms with Crippen molar-refractivity contribution in [3.8, 4) is 0 Å². The number of nitrogens with zero attached hydrogens (tertiary/aromatic N) is 1. The Labute approximate surface area is 123 Å². The summed E-state index contributed by atoms with van der Waals surface area (Å²) in [7, 11) is 0. The third-order valence-electron chi connectivity index (χ3n) is 3.64. The number of carbonyl (C=O) groups excluding carboxylic acids is 1. The minimum absolute atomic E-state index is 0.117. The summed E-state index contributed by atoms with van der Waals surface area (Å²) in [5.74, 6) is 0.745. The summed E-state index contributed by atoms with van der Waals surface area (Å²) in [6, 6.07) is 0. The summed E-state index contributed by atoms with van der Waals surface area (Å²) in [4.78, 5) is 16.2. The van der Waals surface area contributed by atoms with Gasteiger partial charge in [-0.15, -0.1) is 11.3 Å². The quantitative estimate of drug-likeness (QED) is 0.868. The van der Waals surface area contributed by atoms with E-state index in [4.69, 9.17) is 10.5 Å². The Bertz CT molecular complexity index is 447. The van der Waals surface area contributed by atoms with Crippen LogP contribution in [0.25, 0.3) is 0 Å². The molecule has 1 amide bonds. The number of rotatable bonds is 5. The second-order valence-electron chi connectivity index (χ2n) is 5.52. The van der Waals surface area contributed by atoms with E-state index in [0.29, 0.717) is 30.6 Å². The van der Waals surface area contributed by atoms with Crippen molar-refractivity contribution in [1.82, 2.24) is 10.3 Å². The fraction of sp³-hybridized carbons (Fsp3) is 0.714. The first-order valence-corrected chi connectivity index (χ1v) is 8.04. The molecule has 2 heterocycles. The molecule has 3 N–H and O–H groups in total. The molecule has 1 aliphatic heterocycles. The van der Waals surface area contributed by atoms with Gasteiger partial charge in [0, 0.05) is 31.0 Å². The number of thiazole rings is 1. The highest BCUT2D eigenvalue weighted by atomic mass is 32.1. The Hall–Kier alpha value is -0.980. The monoisotopic (exact) mass is 297 g/mol. The van der Waals surface area contributed by atoms with Crippen LogP contribution in [0.2, 0.25) is 0 Å². The minimum atomic E-state index is -0.117. The van der Waals surface area contributed by atoms with Crippen molar-refractivity contribution in [2.75, 3.05) is 13.2 Å². The molecule has 1 saturated heterocycles. The largest absolute Gasteiger partial charge is 0.378 e. The Morgan fingerprint density at radius 2 is 2.45 bits per heavy atom. The predicted molar refractivity (Wildman–Crippen MR) is 79.6 cm³/mol. The number of aromatic nitrogens is 1. The number of ether oxygens (including phenoxy) is 1. The smallest absolute Gasteiger partial charge is 0.270 e. The Kier molecular flexibility index (Phi) is 5.51. The van der Waals surface area contributed by atoms with E-state index in [0.717, 1.165) is 24.5 Å². The van der Waals surface area contributed by atoms with Crippen LogP contribution in [0.4, 0.5) is 0 Å². The molecule has 20 heavy (non-hydrogen) atoms. The second kappa shape index (κ2) is 7.15. The zero-order valence-corrected chi connectivity index (χ0v) is 12.9. The van der Waals surface area contributed by atoms with Gasteiger partial charge >= 0.3 is 0 Å². The van der Waals surface area contributed by atoms with Crippen LogP contribution < -0.4 is 11.1 Å². The molecule has 5 nitrogen and oxygen atoms in total. The van der Waals surface area contributed by atoms with Crippen molar-refractivity contribution in [1.29, 1.82) is 0 Å². The van der Waals surface area contributed by atoms with E-state index in [2.05, 4.69) is 24.1 Å². The average molecular weight is 297 g/mol. The standard InChI is InChI=1S/C14H23N3O2S/c1-9(2)13-10(4-3-5-19-13)7-16-14(18)11-8-20-12(6-15)17-11/h8-10,13H,3-7,15H2,1-2H3,(H,16,18). The van der Waals surface area contributed by atoms with Gasteiger partial charge in [-0.05, 0) is 18.8 Å². The Morgan fingerprint density at radius 1 is 1.65 bits per heavy atom. The van der Waals surface area contributed by atoms with Gasteiger partial charge in [0.15, 0.2) is 0 Å². The first-order chi connectivity index (χ1) is 9.61. The van der Waals surface area contributed by atoms with Gasteiger partial charge < -0.3 is 15.8 Å². The van der Waals surface area contributed by atoms with Gasteiger partial charge in [-0.3, -0.25) is 4.79 Å². The highest BCUT2D eigenvalue weighted by molar-refractivity contribution is 7.09. The van der Waals surface area contributed by atoms with Crippen molar-refractivity contribution < 1.29 is 9.53 Å². The van der Waals surface area contributed by atoms with Gasteiger partial charge in [0.1, 0.15) is 10.7 Å². The molecule has 1 fully saturated rings. The van der Waals surface area contributed by atoms with Crippen LogP contribution in [0.5, 0.6) is 0 Å². The molecule has 2 rings (SSSR count). The summed E-state index contributed by atoms with van der Waals surface area (Å²) in [6.45, 7) is 6.19. The van der Waals surface area contributed by atoms with E-state index in [1.807, 2.05) is 0 Å². The molecule has 0 aliphatic carbocycles. The first-order valence-electron chi connectivity index (χ1n) is 7.16. The van der Waals surface area contributed by atoms with Crippen molar-refractivity contribution in [2.24, 2.45) is 17.6 Å². The topological polar surface area (TPSA) is 77.2 Å². The normalized spacial score (nSPS) is 23.0. The lowest BCUT2D eigenvalue weighted by molar-refractivity contribution is -0.0510. The third kappa shape index (κ3) is 3.77. The molecular formula is C14H23N3O2S. The van der Waals surface area contributed by atoms with Crippen molar-refractivity contribution >= 4 is 17.2 Å². The molecule has 6 heteroatoms. The molecule has 0 radical (unpaired) electrons. The minimum Gasteiger partial charge on any atom is -0.378 e. The molecule has 1 aromatic heterocycles. The number of hydrogen-bond acceptors (Lipinski definition) is 5. The maximum Gasteiger partial charge on any atom is 0.270 e. The highest BCUT2D eigenvalue weighted by Gasteiger charge is 2.28. The molecule has 1 aromatic rings. The number of carbonyl (C=O) groups is 1. The van der Waals surface area contributed by atoms with Crippen LogP contribution in [0.1, 0.15) is 42.2 Å². The van der Waals surface area contributed by atoms with Crippen LogP contribution >= 0.6 is 11.3 Å². The third-order valence-corrected chi connectivity index (χ3v) is 4.51. The van der Waals surface area contributed by atoms with E-state index < -0.39 is 0 Å². The zero-order chi connectivity index (χ0) is 14.5. The number of nitrogens with two attached hydrogens (primary N) is 1. The van der Waals surface area contributed by atoms with E-state index in [1.54, 1.807) is 5.38 Å². The molecule has 0 aromatic carbocycles. The number of hydrogen-bond donors (Lipinski definition) is 2.